The van der Waals surface area contributed by atoms with Crippen molar-refractivity contribution in [2.75, 3.05) is 19.4 Å². The highest BCUT2D eigenvalue weighted by molar-refractivity contribution is 8.68. The summed E-state index contributed by atoms with van der Waals surface area (Å²) < 4.78 is 7.67. The Bertz CT molecular complexity index is 455. The molecule has 0 fully saturated rings. The van der Waals surface area contributed by atoms with Gasteiger partial charge in [0.15, 0.2) is 0 Å². The van der Waals surface area contributed by atoms with Gasteiger partial charge in [-0.2, -0.15) is 0 Å². The molecule has 0 aromatic heterocycles. The molecule has 1 aromatic carbocycles. The van der Waals surface area contributed by atoms with Crippen LogP contribution in [0.25, 0.3) is 0 Å². The van der Waals surface area contributed by atoms with Crippen LogP contribution in [0.1, 0.15) is 31.7 Å². The molecule has 0 radical (unpaired) electrons. The van der Waals surface area contributed by atoms with Gasteiger partial charge in [0.1, 0.15) is 0 Å². The molecule has 2 nitrogen and oxygen atoms in total. The van der Waals surface area contributed by atoms with E-state index in [1.54, 1.807) is 16.9 Å². The Balaban J connectivity index is 2.22. The maximum Gasteiger partial charge on any atom is 0.213 e. The van der Waals surface area contributed by atoms with E-state index in [1.165, 1.54) is 24.8 Å². The molecule has 0 aliphatic rings. The monoisotopic (exact) mass is 361 g/mol. The third kappa shape index (κ3) is 7.25. The van der Waals surface area contributed by atoms with Crippen molar-refractivity contribution < 1.29 is 4.52 Å². The molecule has 0 heterocycles. The van der Waals surface area contributed by atoms with Gasteiger partial charge in [-0.3, -0.25) is 0 Å². The number of hydrogen-bond acceptors (Lipinski definition) is 4. The fourth-order valence-electron chi connectivity index (χ4n) is 1.87. The molecule has 0 N–H and O–H groups in total. The maximum absolute atomic E-state index is 5.77. The zero-order valence-corrected chi connectivity index (χ0v) is 16.1. The molecule has 0 saturated carbocycles. The van der Waals surface area contributed by atoms with Crippen LogP contribution in [-0.4, -0.2) is 29.6 Å². The quantitative estimate of drug-likeness (QED) is 0.301. The summed E-state index contributed by atoms with van der Waals surface area (Å²) in [5.41, 5.74) is 1.04. The first-order valence-electron chi connectivity index (χ1n) is 7.24. The molecule has 21 heavy (non-hydrogen) atoms. The number of benzene rings is 1. The zero-order valence-electron chi connectivity index (χ0n) is 12.7. The Morgan fingerprint density at radius 1 is 1.24 bits per heavy atom. The van der Waals surface area contributed by atoms with Gasteiger partial charge in [-0.15, -0.1) is 0 Å². The van der Waals surface area contributed by atoms with Crippen LogP contribution in [-0.2, 0) is 22.8 Å². The van der Waals surface area contributed by atoms with Gasteiger partial charge >= 0.3 is 0 Å². The third-order valence-corrected chi connectivity index (χ3v) is 10.4. The van der Waals surface area contributed by atoms with Crippen molar-refractivity contribution in [3.8, 4) is 0 Å². The molecule has 0 aliphatic carbocycles. The van der Waals surface area contributed by atoms with Gasteiger partial charge in [-0.25, -0.2) is 0 Å². The fraction of sp³-hybridized carbons (Fsp3) is 0.533. The van der Waals surface area contributed by atoms with Crippen molar-refractivity contribution in [2.24, 2.45) is 0 Å². The van der Waals surface area contributed by atoms with Crippen molar-refractivity contribution in [3.05, 3.63) is 35.9 Å². The average molecular weight is 362 g/mol. The van der Waals surface area contributed by atoms with E-state index < -0.39 is 5.62 Å². The molecule has 6 heteroatoms. The van der Waals surface area contributed by atoms with Crippen molar-refractivity contribution in [3.63, 3.8) is 0 Å². The minimum absolute atomic E-state index is 0.645. The van der Waals surface area contributed by atoms with E-state index in [0.29, 0.717) is 6.61 Å². The van der Waals surface area contributed by atoms with Gasteiger partial charge in [0.25, 0.3) is 0 Å². The van der Waals surface area contributed by atoms with Crippen molar-refractivity contribution in [2.45, 2.75) is 32.6 Å². The fourth-order valence-corrected chi connectivity index (χ4v) is 7.51. The summed E-state index contributed by atoms with van der Waals surface area (Å²) in [6.45, 7) is 2.63. The lowest BCUT2D eigenvalue weighted by Gasteiger charge is -2.28. The molecule has 0 saturated heterocycles. The highest BCUT2D eigenvalue weighted by atomic mass is 32.9. The predicted octanol–water partition coefficient (Wildman–Crippen LogP) is 5.28. The summed E-state index contributed by atoms with van der Waals surface area (Å²) in [6, 6.07) is 10.7. The average Bonchev–Trinajstić information content (AvgIpc) is 2.51. The molecule has 1 atom stereocenters. The van der Waals surface area contributed by atoms with Crippen molar-refractivity contribution in [1.29, 1.82) is 0 Å². The van der Waals surface area contributed by atoms with Crippen LogP contribution in [0.5, 0.6) is 0 Å². The molecule has 1 unspecified atom stereocenters. The summed E-state index contributed by atoms with van der Waals surface area (Å²) in [4.78, 5) is 0. The highest BCUT2D eigenvalue weighted by Crippen LogP contribution is 2.61. The largest absolute Gasteiger partial charge is 0.327 e. The Hall–Kier alpha value is 0.0700. The number of rotatable bonds is 11. The first kappa shape index (κ1) is 19.1. The topological polar surface area (TPSA) is 12.5 Å². The predicted molar refractivity (Wildman–Crippen MR) is 104 cm³/mol. The molecule has 0 bridgehead atoms. The number of aryl methyl sites for hydroxylation is 1. The second-order valence-corrected chi connectivity index (χ2v) is 11.8. The Labute approximate surface area is 143 Å². The number of hydrogen-bond donors (Lipinski definition) is 0. The minimum atomic E-state index is -1.99. The van der Waals surface area contributed by atoms with E-state index in [2.05, 4.69) is 30.3 Å². The first-order chi connectivity index (χ1) is 10.1. The lowest BCUT2D eigenvalue weighted by Crippen LogP contribution is -2.11. The number of thiocarbonyl (C=S) groups is 1. The third-order valence-electron chi connectivity index (χ3n) is 3.04. The molecule has 1 rings (SSSR count). The van der Waals surface area contributed by atoms with E-state index in [9.17, 15) is 0 Å². The summed E-state index contributed by atoms with van der Waals surface area (Å²) >= 11 is 12.4. The molecule has 0 aliphatic heterocycles. The summed E-state index contributed by atoms with van der Waals surface area (Å²) in [5.74, 6) is 1.04. The van der Waals surface area contributed by atoms with Crippen LogP contribution in [0.4, 0.5) is 0 Å². The maximum atomic E-state index is 5.77. The Morgan fingerprint density at radius 2 is 1.95 bits per heavy atom. The van der Waals surface area contributed by atoms with Gasteiger partial charge in [-0.05, 0) is 43.6 Å². The standard InChI is InChI=1S/C15H24NOPS3/c1-3-17-18(20,16(2)14-19)21-13-9-5-8-12-15-10-6-4-7-11-15/h4,6-7,10-11,14H,3,5,8-9,12-13H2,1-2H3. The van der Waals surface area contributed by atoms with Crippen LogP contribution >= 0.6 is 29.2 Å². The van der Waals surface area contributed by atoms with Crippen LogP contribution in [0.3, 0.4) is 0 Å². The smallest absolute Gasteiger partial charge is 0.213 e. The molecular formula is C15H24NOPS3. The van der Waals surface area contributed by atoms with Gasteiger partial charge < -0.3 is 9.19 Å². The highest BCUT2D eigenvalue weighted by Gasteiger charge is 2.21. The lowest BCUT2D eigenvalue weighted by atomic mass is 10.1. The SMILES string of the molecule is CCOP(=S)(SCCCCCc1ccccc1)N(C)C=S. The van der Waals surface area contributed by atoms with Gasteiger partial charge in [0.2, 0.25) is 5.62 Å². The Morgan fingerprint density at radius 3 is 2.57 bits per heavy atom. The summed E-state index contributed by atoms with van der Waals surface area (Å²) in [6.07, 6.45) is 4.79. The van der Waals surface area contributed by atoms with E-state index in [4.69, 9.17) is 28.5 Å². The van der Waals surface area contributed by atoms with Gasteiger partial charge in [-0.1, -0.05) is 60.4 Å². The Kier molecular flexibility index (Phi) is 9.78. The normalized spacial score (nSPS) is 13.6. The van der Waals surface area contributed by atoms with E-state index in [-0.39, 0.29) is 0 Å². The van der Waals surface area contributed by atoms with Gasteiger partial charge in [0, 0.05) is 12.8 Å². The molecule has 0 amide bonds. The second kappa shape index (κ2) is 10.7. The van der Waals surface area contributed by atoms with Crippen LogP contribution in [0, 0.1) is 0 Å². The van der Waals surface area contributed by atoms with Crippen molar-refractivity contribution in [1.82, 2.24) is 4.67 Å². The lowest BCUT2D eigenvalue weighted by molar-refractivity contribution is 0.369. The van der Waals surface area contributed by atoms with Crippen LogP contribution in [0.2, 0.25) is 0 Å². The van der Waals surface area contributed by atoms with E-state index >= 15 is 0 Å². The van der Waals surface area contributed by atoms with Crippen LogP contribution in [0.15, 0.2) is 30.3 Å². The minimum Gasteiger partial charge on any atom is -0.327 e. The molecule has 1 aromatic rings. The van der Waals surface area contributed by atoms with Gasteiger partial charge in [0.05, 0.1) is 12.1 Å². The number of unbranched alkanes of at least 4 members (excludes halogenated alkanes) is 2. The van der Waals surface area contributed by atoms with E-state index in [1.807, 2.05) is 18.6 Å². The zero-order chi connectivity index (χ0) is 15.6. The second-order valence-electron chi connectivity index (χ2n) is 4.69. The first-order valence-corrected chi connectivity index (χ1v) is 12.0. The van der Waals surface area contributed by atoms with E-state index in [0.717, 1.165) is 12.2 Å². The van der Waals surface area contributed by atoms with Crippen LogP contribution < -0.4 is 0 Å². The summed E-state index contributed by atoms with van der Waals surface area (Å²) in [7, 11) is 1.92. The number of nitrogens with zero attached hydrogens (tertiary/aromatic N) is 1. The molecule has 118 valence electrons. The van der Waals surface area contributed by atoms with Crippen molar-refractivity contribution >= 4 is 46.5 Å². The molecule has 0 spiro atoms. The molecular weight excluding hydrogens is 337 g/mol. The summed E-state index contributed by atoms with van der Waals surface area (Å²) in [5, 5.41) is 0.